The molecule has 0 saturated heterocycles. The molecule has 0 bridgehead atoms. The summed E-state index contributed by atoms with van der Waals surface area (Å²) in [5.74, 6) is -2.40. The maximum atomic E-state index is 12.6. The lowest BCUT2D eigenvalue weighted by Gasteiger charge is -2.26. The number of carbonyl (C=O) groups excluding carboxylic acids is 2. The van der Waals surface area contributed by atoms with Crippen molar-refractivity contribution < 1.29 is 24.6 Å². The minimum atomic E-state index is -1.19. The summed E-state index contributed by atoms with van der Waals surface area (Å²) in [6, 6.07) is 8.11. The summed E-state index contributed by atoms with van der Waals surface area (Å²) in [4.78, 5) is 40.6. The Kier molecular flexibility index (Phi) is 6.13. The van der Waals surface area contributed by atoms with Gasteiger partial charge in [-0.05, 0) is 47.9 Å². The Morgan fingerprint density at radius 2 is 1.93 bits per heavy atom. The Balaban J connectivity index is 1.68. The van der Waals surface area contributed by atoms with Crippen molar-refractivity contribution in [1.29, 1.82) is 0 Å². The lowest BCUT2D eigenvalue weighted by molar-refractivity contribution is -0.135. The molecular weight excluding hydrogens is 398 g/mol. The van der Waals surface area contributed by atoms with Crippen LogP contribution in [0.15, 0.2) is 42.6 Å². The molecule has 3 rings (SSSR count). The van der Waals surface area contributed by atoms with Gasteiger partial charge < -0.3 is 20.4 Å². The molecule has 0 aliphatic carbocycles. The minimum absolute atomic E-state index is 0.0941. The van der Waals surface area contributed by atoms with Crippen molar-refractivity contribution in [3.05, 3.63) is 64.4 Å². The van der Waals surface area contributed by atoms with Crippen molar-refractivity contribution in [2.75, 3.05) is 19.6 Å². The molecule has 3 N–H and O–H groups in total. The summed E-state index contributed by atoms with van der Waals surface area (Å²) in [5, 5.41) is 21.4. The molecule has 2 heterocycles. The lowest BCUT2D eigenvalue weighted by atomic mass is 10.00. The van der Waals surface area contributed by atoms with E-state index in [0.717, 1.165) is 5.57 Å². The number of hydrogen-bond acceptors (Lipinski definition) is 5. The fraction of sp³-hybridized carbons (Fsp3) is 0.200. The number of aromatic nitrogens is 1. The highest BCUT2D eigenvalue weighted by Gasteiger charge is 2.21. The second-order valence-corrected chi connectivity index (χ2v) is 6.84. The quantitative estimate of drug-likeness (QED) is 0.688. The highest BCUT2D eigenvalue weighted by atomic mass is 35.5. The molecular formula is C20H18ClN3O5. The Bertz CT molecular complexity index is 988. The third kappa shape index (κ3) is 4.91. The average Bonchev–Trinajstić information content (AvgIpc) is 2.72. The zero-order valence-corrected chi connectivity index (χ0v) is 16.0. The van der Waals surface area contributed by atoms with E-state index in [1.165, 1.54) is 12.3 Å². The van der Waals surface area contributed by atoms with Crippen LogP contribution in [0.4, 0.5) is 0 Å². The maximum absolute atomic E-state index is 12.6. The number of halogens is 1. The number of hydrogen-bond donors (Lipinski definition) is 3. The predicted octanol–water partition coefficient (Wildman–Crippen LogP) is 2.18. The first-order chi connectivity index (χ1) is 13.8. The van der Waals surface area contributed by atoms with E-state index in [-0.39, 0.29) is 17.4 Å². The van der Waals surface area contributed by atoms with Crippen LogP contribution in [0.2, 0.25) is 5.02 Å². The monoisotopic (exact) mass is 415 g/mol. The lowest BCUT2D eigenvalue weighted by Crippen LogP contribution is -2.34. The van der Waals surface area contributed by atoms with Gasteiger partial charge in [-0.2, -0.15) is 0 Å². The van der Waals surface area contributed by atoms with E-state index in [1.54, 1.807) is 29.2 Å². The van der Waals surface area contributed by atoms with Crippen molar-refractivity contribution in [1.82, 2.24) is 15.2 Å². The van der Waals surface area contributed by atoms with Crippen LogP contribution in [0.3, 0.4) is 0 Å². The number of amides is 2. The molecule has 0 unspecified atom stereocenters. The van der Waals surface area contributed by atoms with Gasteiger partial charge in [-0.15, -0.1) is 0 Å². The molecule has 0 radical (unpaired) electrons. The molecule has 1 aromatic heterocycles. The molecule has 8 nitrogen and oxygen atoms in total. The number of carbonyl (C=O) groups is 3. The van der Waals surface area contributed by atoms with E-state index in [2.05, 4.69) is 10.3 Å². The van der Waals surface area contributed by atoms with Gasteiger partial charge in [0.15, 0.2) is 5.69 Å². The minimum Gasteiger partial charge on any atom is -0.505 e. The van der Waals surface area contributed by atoms with Crippen molar-refractivity contribution in [3.63, 3.8) is 0 Å². The summed E-state index contributed by atoms with van der Waals surface area (Å²) in [6.45, 7) is 0.331. The SMILES string of the molecule is O=C(O)CNC(=O)c1ncc(C2=CCN(C(=O)c3ccc(Cl)cc3)CC2)cc1O. The van der Waals surface area contributed by atoms with E-state index >= 15 is 0 Å². The molecule has 0 atom stereocenters. The number of rotatable bonds is 5. The van der Waals surface area contributed by atoms with E-state index < -0.39 is 18.4 Å². The normalized spacial score (nSPS) is 13.6. The van der Waals surface area contributed by atoms with Gasteiger partial charge in [0.2, 0.25) is 0 Å². The molecule has 2 amide bonds. The van der Waals surface area contributed by atoms with Crippen LogP contribution < -0.4 is 5.32 Å². The average molecular weight is 416 g/mol. The molecule has 150 valence electrons. The molecule has 9 heteroatoms. The zero-order valence-electron chi connectivity index (χ0n) is 15.3. The van der Waals surface area contributed by atoms with Crippen LogP contribution in [0.5, 0.6) is 5.75 Å². The molecule has 2 aromatic rings. The standard InChI is InChI=1S/C20H18ClN3O5/c21-15-3-1-13(2-4-15)20(29)24-7-5-12(6-8-24)14-9-16(25)18(22-10-14)19(28)23-11-17(26)27/h1-5,9-10,25H,6-8,11H2,(H,23,28)(H,26,27). The Morgan fingerprint density at radius 3 is 2.52 bits per heavy atom. The van der Waals surface area contributed by atoms with Crippen LogP contribution >= 0.6 is 11.6 Å². The first-order valence-electron chi connectivity index (χ1n) is 8.78. The Hall–Kier alpha value is -3.39. The summed E-state index contributed by atoms with van der Waals surface area (Å²) in [5.41, 5.74) is 1.84. The number of aliphatic carboxylic acids is 1. The second kappa shape index (κ2) is 8.74. The molecule has 0 fully saturated rings. The predicted molar refractivity (Wildman–Crippen MR) is 106 cm³/mol. The number of carboxylic acids is 1. The van der Waals surface area contributed by atoms with Crippen molar-refractivity contribution in [2.45, 2.75) is 6.42 Å². The van der Waals surface area contributed by atoms with Crippen LogP contribution in [-0.2, 0) is 4.79 Å². The number of benzene rings is 1. The molecule has 0 saturated carbocycles. The van der Waals surface area contributed by atoms with Crippen LogP contribution in [-0.4, -0.2) is 57.5 Å². The van der Waals surface area contributed by atoms with Gasteiger partial charge in [0.05, 0.1) is 0 Å². The van der Waals surface area contributed by atoms with Crippen molar-refractivity contribution >= 4 is 35.0 Å². The molecule has 0 spiro atoms. The summed E-state index contributed by atoms with van der Waals surface area (Å²) >= 11 is 5.85. The Labute approximate surface area is 171 Å². The highest BCUT2D eigenvalue weighted by Crippen LogP contribution is 2.26. The van der Waals surface area contributed by atoms with Gasteiger partial charge >= 0.3 is 5.97 Å². The van der Waals surface area contributed by atoms with Gasteiger partial charge in [0.25, 0.3) is 11.8 Å². The topological polar surface area (TPSA) is 120 Å². The van der Waals surface area contributed by atoms with Crippen molar-refractivity contribution in [3.8, 4) is 5.75 Å². The zero-order chi connectivity index (χ0) is 21.0. The van der Waals surface area contributed by atoms with Gasteiger partial charge in [-0.3, -0.25) is 14.4 Å². The first kappa shape index (κ1) is 20.3. The third-order valence-electron chi connectivity index (χ3n) is 4.44. The van der Waals surface area contributed by atoms with E-state index in [1.807, 2.05) is 6.08 Å². The molecule has 1 aliphatic rings. The van der Waals surface area contributed by atoms with E-state index in [9.17, 15) is 19.5 Å². The maximum Gasteiger partial charge on any atom is 0.322 e. The van der Waals surface area contributed by atoms with Crippen LogP contribution in [0, 0.1) is 0 Å². The summed E-state index contributed by atoms with van der Waals surface area (Å²) in [7, 11) is 0. The largest absolute Gasteiger partial charge is 0.505 e. The molecule has 1 aromatic carbocycles. The first-order valence-corrected chi connectivity index (χ1v) is 9.16. The van der Waals surface area contributed by atoms with Crippen LogP contribution in [0.25, 0.3) is 5.57 Å². The van der Waals surface area contributed by atoms with Crippen molar-refractivity contribution in [2.24, 2.45) is 0 Å². The number of carboxylic acid groups (broad SMARTS) is 1. The van der Waals surface area contributed by atoms with Gasteiger partial charge in [-0.1, -0.05) is 17.7 Å². The Morgan fingerprint density at radius 1 is 1.21 bits per heavy atom. The number of aromatic hydroxyl groups is 1. The molecule has 1 aliphatic heterocycles. The molecule has 29 heavy (non-hydrogen) atoms. The van der Waals surface area contributed by atoms with Gasteiger partial charge in [0, 0.05) is 29.9 Å². The fourth-order valence-electron chi connectivity index (χ4n) is 2.93. The number of nitrogens with one attached hydrogen (secondary N) is 1. The number of pyridine rings is 1. The highest BCUT2D eigenvalue weighted by molar-refractivity contribution is 6.30. The van der Waals surface area contributed by atoms with E-state index in [0.29, 0.717) is 35.7 Å². The summed E-state index contributed by atoms with van der Waals surface area (Å²) in [6.07, 6.45) is 3.88. The van der Waals surface area contributed by atoms with Crippen LogP contribution in [0.1, 0.15) is 32.8 Å². The second-order valence-electron chi connectivity index (χ2n) is 6.41. The fourth-order valence-corrected chi connectivity index (χ4v) is 3.06. The third-order valence-corrected chi connectivity index (χ3v) is 4.69. The van der Waals surface area contributed by atoms with Gasteiger partial charge in [0.1, 0.15) is 12.3 Å². The number of nitrogens with zero attached hydrogens (tertiary/aromatic N) is 2. The summed E-state index contributed by atoms with van der Waals surface area (Å²) < 4.78 is 0. The van der Waals surface area contributed by atoms with E-state index in [4.69, 9.17) is 16.7 Å². The smallest absolute Gasteiger partial charge is 0.322 e. The van der Waals surface area contributed by atoms with Gasteiger partial charge in [-0.25, -0.2) is 4.98 Å².